The minimum atomic E-state index is 1.10. The highest BCUT2D eigenvalue weighted by Gasteiger charge is 2.16. The highest BCUT2D eigenvalue weighted by molar-refractivity contribution is 6.15. The molecule has 0 aliphatic rings. The molecule has 0 N–H and O–H groups in total. The standard InChI is InChI=1S/C54H37N/c1-3-12-38(13-4-1)39-24-30-44(31-25-39)55(45-32-26-42(27-33-45)48-19-9-17-41-16-7-8-18-47(41)48)46-34-28-43(29-35-46)50-21-11-23-52-51-22-10-20-49(40-14-5-2-6-15-40)53(51)36-37-54(50)52/h1-37H. The van der Waals surface area contributed by atoms with E-state index in [1.165, 1.54) is 76.8 Å². The summed E-state index contributed by atoms with van der Waals surface area (Å²) < 4.78 is 0. The van der Waals surface area contributed by atoms with E-state index in [0.717, 1.165) is 17.1 Å². The third kappa shape index (κ3) is 6.02. The number of anilines is 3. The van der Waals surface area contributed by atoms with E-state index in [1.54, 1.807) is 0 Å². The topological polar surface area (TPSA) is 3.24 Å². The lowest BCUT2D eigenvalue weighted by molar-refractivity contribution is 1.28. The van der Waals surface area contributed by atoms with Crippen LogP contribution >= 0.6 is 0 Å². The highest BCUT2D eigenvalue weighted by atomic mass is 15.1. The molecular formula is C54H37N. The minimum Gasteiger partial charge on any atom is -0.311 e. The zero-order valence-electron chi connectivity index (χ0n) is 30.3. The van der Waals surface area contributed by atoms with Gasteiger partial charge in [-0.2, -0.15) is 0 Å². The summed E-state index contributed by atoms with van der Waals surface area (Å²) >= 11 is 0. The van der Waals surface area contributed by atoms with Crippen molar-refractivity contribution in [1.29, 1.82) is 0 Å². The van der Waals surface area contributed by atoms with Crippen LogP contribution in [0, 0.1) is 0 Å². The van der Waals surface area contributed by atoms with Crippen molar-refractivity contribution in [2.75, 3.05) is 4.90 Å². The maximum atomic E-state index is 2.35. The van der Waals surface area contributed by atoms with E-state index in [-0.39, 0.29) is 0 Å². The van der Waals surface area contributed by atoms with Crippen molar-refractivity contribution in [2.24, 2.45) is 0 Å². The van der Waals surface area contributed by atoms with Crippen molar-refractivity contribution in [1.82, 2.24) is 0 Å². The lowest BCUT2D eigenvalue weighted by atomic mass is 9.91. The number of hydrogen-bond acceptors (Lipinski definition) is 1. The quantitative estimate of drug-likeness (QED) is 0.150. The molecule has 0 amide bonds. The first-order valence-electron chi connectivity index (χ1n) is 18.9. The predicted octanol–water partition coefficient (Wildman–Crippen LogP) is 15.3. The van der Waals surface area contributed by atoms with E-state index in [9.17, 15) is 0 Å². The van der Waals surface area contributed by atoms with Crippen molar-refractivity contribution in [3.8, 4) is 44.5 Å². The molecule has 258 valence electrons. The molecule has 0 heterocycles. The minimum absolute atomic E-state index is 1.10. The molecule has 0 saturated carbocycles. The van der Waals surface area contributed by atoms with E-state index >= 15 is 0 Å². The number of rotatable bonds is 7. The normalized spacial score (nSPS) is 11.3. The Bertz CT molecular complexity index is 2920. The first-order chi connectivity index (χ1) is 27.3. The number of hydrogen-bond donors (Lipinski definition) is 0. The van der Waals surface area contributed by atoms with Gasteiger partial charge < -0.3 is 4.90 Å². The van der Waals surface area contributed by atoms with Crippen LogP contribution in [0.1, 0.15) is 0 Å². The van der Waals surface area contributed by atoms with Crippen molar-refractivity contribution < 1.29 is 0 Å². The van der Waals surface area contributed by atoms with Gasteiger partial charge in [0.15, 0.2) is 0 Å². The Hall–Kier alpha value is -7.22. The third-order valence-corrected chi connectivity index (χ3v) is 10.9. The molecule has 0 aliphatic heterocycles. The summed E-state index contributed by atoms with van der Waals surface area (Å²) in [6, 6.07) is 81.3. The molecule has 0 saturated heterocycles. The highest BCUT2D eigenvalue weighted by Crippen LogP contribution is 2.41. The van der Waals surface area contributed by atoms with Gasteiger partial charge in [0.05, 0.1) is 0 Å². The molecule has 0 aliphatic carbocycles. The summed E-state index contributed by atoms with van der Waals surface area (Å²) in [5.41, 5.74) is 13.1. The molecule has 0 spiro atoms. The van der Waals surface area contributed by atoms with Crippen molar-refractivity contribution in [3.05, 3.63) is 224 Å². The van der Waals surface area contributed by atoms with E-state index in [0.29, 0.717) is 0 Å². The molecule has 1 nitrogen and oxygen atoms in total. The van der Waals surface area contributed by atoms with Gasteiger partial charge in [0, 0.05) is 17.1 Å². The van der Waals surface area contributed by atoms with Gasteiger partial charge >= 0.3 is 0 Å². The average Bonchev–Trinajstić information content (AvgIpc) is 3.27. The fourth-order valence-corrected chi connectivity index (χ4v) is 8.19. The molecule has 1 heteroatoms. The molecule has 0 aromatic heterocycles. The van der Waals surface area contributed by atoms with Crippen molar-refractivity contribution >= 4 is 49.4 Å². The van der Waals surface area contributed by atoms with Crippen LogP contribution in [0.5, 0.6) is 0 Å². The molecule has 10 aromatic carbocycles. The monoisotopic (exact) mass is 699 g/mol. The first-order valence-corrected chi connectivity index (χ1v) is 18.9. The number of fused-ring (bicyclic) bond motifs is 4. The summed E-state index contributed by atoms with van der Waals surface area (Å²) in [4.78, 5) is 2.35. The molecule has 0 bridgehead atoms. The van der Waals surface area contributed by atoms with Crippen LogP contribution in [0.2, 0.25) is 0 Å². The maximum Gasteiger partial charge on any atom is 0.0462 e. The van der Waals surface area contributed by atoms with Gasteiger partial charge in [-0.25, -0.2) is 0 Å². The van der Waals surface area contributed by atoms with E-state index in [2.05, 4.69) is 229 Å². The molecule has 10 rings (SSSR count). The van der Waals surface area contributed by atoms with Crippen LogP contribution in [0.3, 0.4) is 0 Å². The zero-order valence-corrected chi connectivity index (χ0v) is 30.3. The lowest BCUT2D eigenvalue weighted by Crippen LogP contribution is -2.09. The van der Waals surface area contributed by atoms with Crippen molar-refractivity contribution in [2.45, 2.75) is 0 Å². The predicted molar refractivity (Wildman–Crippen MR) is 235 cm³/mol. The Balaban J connectivity index is 1.04. The summed E-state index contributed by atoms with van der Waals surface area (Å²) in [5.74, 6) is 0. The van der Waals surface area contributed by atoms with Crippen LogP contribution in [-0.2, 0) is 0 Å². The smallest absolute Gasteiger partial charge is 0.0462 e. The average molecular weight is 700 g/mol. The summed E-state index contributed by atoms with van der Waals surface area (Å²) in [6.07, 6.45) is 0. The SMILES string of the molecule is c1ccc(-c2ccc(N(c3ccc(-c4cccc5ccccc45)cc3)c3ccc(-c4cccc5c4ccc4c(-c6ccccc6)cccc45)cc3)cc2)cc1. The third-order valence-electron chi connectivity index (χ3n) is 10.9. The molecule has 0 fully saturated rings. The van der Waals surface area contributed by atoms with Gasteiger partial charge in [-0.15, -0.1) is 0 Å². The summed E-state index contributed by atoms with van der Waals surface area (Å²) in [6.45, 7) is 0. The molecule has 0 atom stereocenters. The van der Waals surface area contributed by atoms with Crippen molar-refractivity contribution in [3.63, 3.8) is 0 Å². The van der Waals surface area contributed by atoms with Gasteiger partial charge in [-0.1, -0.05) is 188 Å². The Kier molecular flexibility index (Phi) is 8.24. The molecule has 10 aromatic rings. The second-order valence-corrected chi connectivity index (χ2v) is 14.1. The van der Waals surface area contributed by atoms with Crippen LogP contribution < -0.4 is 4.90 Å². The fourth-order valence-electron chi connectivity index (χ4n) is 8.19. The first kappa shape index (κ1) is 32.4. The van der Waals surface area contributed by atoms with E-state index in [1.807, 2.05) is 0 Å². The van der Waals surface area contributed by atoms with Crippen LogP contribution in [0.15, 0.2) is 224 Å². The summed E-state index contributed by atoms with van der Waals surface area (Å²) in [5, 5.41) is 7.58. The Morgan fingerprint density at radius 1 is 0.200 bits per heavy atom. The van der Waals surface area contributed by atoms with Gasteiger partial charge in [-0.05, 0) is 113 Å². The van der Waals surface area contributed by atoms with Gasteiger partial charge in [0.2, 0.25) is 0 Å². The van der Waals surface area contributed by atoms with Crippen LogP contribution in [-0.4, -0.2) is 0 Å². The van der Waals surface area contributed by atoms with E-state index < -0.39 is 0 Å². The molecule has 0 radical (unpaired) electrons. The molecule has 55 heavy (non-hydrogen) atoms. The van der Waals surface area contributed by atoms with Gasteiger partial charge in [0.25, 0.3) is 0 Å². The van der Waals surface area contributed by atoms with E-state index in [4.69, 9.17) is 0 Å². The van der Waals surface area contributed by atoms with Gasteiger partial charge in [0.1, 0.15) is 0 Å². The number of nitrogens with zero attached hydrogens (tertiary/aromatic N) is 1. The Morgan fingerprint density at radius 2 is 0.545 bits per heavy atom. The van der Waals surface area contributed by atoms with Crippen LogP contribution in [0.4, 0.5) is 17.1 Å². The van der Waals surface area contributed by atoms with Gasteiger partial charge in [-0.3, -0.25) is 0 Å². The summed E-state index contributed by atoms with van der Waals surface area (Å²) in [7, 11) is 0. The second kappa shape index (κ2) is 14.0. The lowest BCUT2D eigenvalue weighted by Gasteiger charge is -2.26. The van der Waals surface area contributed by atoms with Crippen LogP contribution in [0.25, 0.3) is 76.8 Å². The Morgan fingerprint density at radius 3 is 1.07 bits per heavy atom. The largest absolute Gasteiger partial charge is 0.311 e. The maximum absolute atomic E-state index is 2.35. The zero-order chi connectivity index (χ0) is 36.6. The molecular weight excluding hydrogens is 663 g/mol. The molecule has 0 unspecified atom stereocenters. The Labute approximate surface area is 322 Å². The fraction of sp³-hybridized carbons (Fsp3) is 0. The number of benzene rings is 10. The second-order valence-electron chi connectivity index (χ2n) is 14.1.